The standard InChI is InChI=1S/C23H23N5OS/c1-3-17-6-8-18(9-7-17)22-26-16(2)20(30-22)23(29)28-13-11-27(12-14-28)21-19(15-24)5-4-10-25-21/h4-10H,3,11-14H2,1-2H3. The van der Waals surface area contributed by atoms with Crippen molar-refractivity contribution in [3.8, 4) is 16.6 Å². The number of rotatable bonds is 4. The molecule has 7 heteroatoms. The number of benzene rings is 1. The Balaban J connectivity index is 1.47. The minimum atomic E-state index is 0.0302. The van der Waals surface area contributed by atoms with Gasteiger partial charge in [-0.1, -0.05) is 31.2 Å². The third-order valence-electron chi connectivity index (χ3n) is 5.37. The Morgan fingerprint density at radius 3 is 2.57 bits per heavy atom. The highest BCUT2D eigenvalue weighted by Crippen LogP contribution is 2.29. The molecule has 3 aromatic rings. The molecule has 1 aliphatic heterocycles. The number of carbonyl (C=O) groups is 1. The van der Waals surface area contributed by atoms with Crippen LogP contribution in [0.2, 0.25) is 0 Å². The van der Waals surface area contributed by atoms with Crippen LogP contribution in [0, 0.1) is 18.3 Å². The van der Waals surface area contributed by atoms with Gasteiger partial charge in [0, 0.05) is 37.9 Å². The van der Waals surface area contributed by atoms with Gasteiger partial charge in [-0.2, -0.15) is 5.26 Å². The molecule has 0 saturated carbocycles. The Morgan fingerprint density at radius 2 is 1.90 bits per heavy atom. The Morgan fingerprint density at radius 1 is 1.17 bits per heavy atom. The zero-order chi connectivity index (χ0) is 21.1. The van der Waals surface area contributed by atoms with Crippen LogP contribution in [0.1, 0.15) is 33.4 Å². The SMILES string of the molecule is CCc1ccc(-c2nc(C)c(C(=O)N3CCN(c4ncccc4C#N)CC3)s2)cc1. The maximum absolute atomic E-state index is 13.1. The monoisotopic (exact) mass is 417 g/mol. The summed E-state index contributed by atoms with van der Waals surface area (Å²) in [5, 5.41) is 10.2. The number of thiazole rings is 1. The largest absolute Gasteiger partial charge is 0.352 e. The van der Waals surface area contributed by atoms with E-state index in [9.17, 15) is 10.1 Å². The van der Waals surface area contributed by atoms with E-state index in [0.717, 1.165) is 22.7 Å². The maximum atomic E-state index is 13.1. The van der Waals surface area contributed by atoms with E-state index < -0.39 is 0 Å². The molecule has 0 unspecified atom stereocenters. The number of aromatic nitrogens is 2. The average molecular weight is 418 g/mol. The van der Waals surface area contributed by atoms with Crippen molar-refractivity contribution in [2.24, 2.45) is 0 Å². The fourth-order valence-electron chi connectivity index (χ4n) is 3.60. The molecule has 30 heavy (non-hydrogen) atoms. The Hall–Kier alpha value is -3.24. The summed E-state index contributed by atoms with van der Waals surface area (Å²) in [7, 11) is 0. The lowest BCUT2D eigenvalue weighted by molar-refractivity contribution is 0.0750. The van der Waals surface area contributed by atoms with Crippen molar-refractivity contribution in [1.29, 1.82) is 5.26 Å². The lowest BCUT2D eigenvalue weighted by Gasteiger charge is -2.35. The summed E-state index contributed by atoms with van der Waals surface area (Å²) in [4.78, 5) is 26.8. The summed E-state index contributed by atoms with van der Waals surface area (Å²) in [5.74, 6) is 0.724. The quantitative estimate of drug-likeness (QED) is 0.643. The number of piperazine rings is 1. The van der Waals surface area contributed by atoms with Crippen LogP contribution in [0.5, 0.6) is 0 Å². The van der Waals surface area contributed by atoms with E-state index in [2.05, 4.69) is 52.1 Å². The van der Waals surface area contributed by atoms with Crippen LogP contribution >= 0.6 is 11.3 Å². The highest BCUT2D eigenvalue weighted by atomic mass is 32.1. The fourth-order valence-corrected chi connectivity index (χ4v) is 4.64. The van der Waals surface area contributed by atoms with E-state index in [0.29, 0.717) is 42.4 Å². The molecule has 0 aliphatic carbocycles. The predicted molar refractivity (Wildman–Crippen MR) is 119 cm³/mol. The van der Waals surface area contributed by atoms with Gasteiger partial charge in [0.25, 0.3) is 5.91 Å². The molecule has 0 atom stereocenters. The number of carbonyl (C=O) groups excluding carboxylic acids is 1. The molecule has 0 radical (unpaired) electrons. The second kappa shape index (κ2) is 8.64. The molecule has 0 bridgehead atoms. The summed E-state index contributed by atoms with van der Waals surface area (Å²) >= 11 is 1.46. The van der Waals surface area contributed by atoms with Gasteiger partial charge in [-0.05, 0) is 31.0 Å². The normalized spacial score (nSPS) is 13.9. The van der Waals surface area contributed by atoms with Gasteiger partial charge in [-0.3, -0.25) is 4.79 Å². The number of amides is 1. The molecule has 0 N–H and O–H groups in total. The van der Waals surface area contributed by atoms with Gasteiger partial charge < -0.3 is 9.80 Å². The fraction of sp³-hybridized carbons (Fsp3) is 0.304. The molecular weight excluding hydrogens is 394 g/mol. The summed E-state index contributed by atoms with van der Waals surface area (Å²) in [5.41, 5.74) is 3.67. The van der Waals surface area contributed by atoms with Crippen molar-refractivity contribution in [2.45, 2.75) is 20.3 Å². The minimum absolute atomic E-state index is 0.0302. The molecule has 152 valence electrons. The van der Waals surface area contributed by atoms with Crippen LogP contribution in [-0.2, 0) is 6.42 Å². The number of nitriles is 1. The van der Waals surface area contributed by atoms with E-state index in [1.54, 1.807) is 18.3 Å². The van der Waals surface area contributed by atoms with Crippen LogP contribution in [0.15, 0.2) is 42.6 Å². The van der Waals surface area contributed by atoms with Crippen LogP contribution in [-0.4, -0.2) is 47.0 Å². The average Bonchev–Trinajstić information content (AvgIpc) is 3.20. The van der Waals surface area contributed by atoms with E-state index in [-0.39, 0.29) is 5.91 Å². The second-order valence-corrected chi connectivity index (χ2v) is 8.25. The van der Waals surface area contributed by atoms with Crippen molar-refractivity contribution in [2.75, 3.05) is 31.1 Å². The van der Waals surface area contributed by atoms with E-state index in [4.69, 9.17) is 0 Å². The molecule has 6 nitrogen and oxygen atoms in total. The highest BCUT2D eigenvalue weighted by molar-refractivity contribution is 7.17. The van der Waals surface area contributed by atoms with E-state index >= 15 is 0 Å². The van der Waals surface area contributed by atoms with E-state index in [1.807, 2.05) is 11.8 Å². The first-order valence-electron chi connectivity index (χ1n) is 10.1. The Bertz CT molecular complexity index is 1090. The lowest BCUT2D eigenvalue weighted by atomic mass is 10.1. The van der Waals surface area contributed by atoms with Crippen LogP contribution in [0.25, 0.3) is 10.6 Å². The van der Waals surface area contributed by atoms with Crippen LogP contribution in [0.4, 0.5) is 5.82 Å². The number of hydrogen-bond donors (Lipinski definition) is 0. The molecule has 0 spiro atoms. The number of pyridine rings is 1. The molecule has 1 fully saturated rings. The maximum Gasteiger partial charge on any atom is 0.265 e. The first kappa shape index (κ1) is 20.0. The third kappa shape index (κ3) is 3.91. The molecule has 1 saturated heterocycles. The molecule has 3 heterocycles. The number of nitrogens with zero attached hydrogens (tertiary/aromatic N) is 5. The van der Waals surface area contributed by atoms with Gasteiger partial charge in [0.1, 0.15) is 21.8 Å². The third-order valence-corrected chi connectivity index (χ3v) is 6.57. The predicted octanol–water partition coefficient (Wildman–Crippen LogP) is 3.91. The summed E-state index contributed by atoms with van der Waals surface area (Å²) in [6.07, 6.45) is 2.70. The molecule has 1 aromatic carbocycles. The van der Waals surface area contributed by atoms with Crippen molar-refractivity contribution < 1.29 is 4.79 Å². The van der Waals surface area contributed by atoms with Gasteiger partial charge in [-0.15, -0.1) is 11.3 Å². The van der Waals surface area contributed by atoms with Gasteiger partial charge in [0.2, 0.25) is 0 Å². The minimum Gasteiger partial charge on any atom is -0.352 e. The van der Waals surface area contributed by atoms with E-state index in [1.165, 1.54) is 16.9 Å². The number of hydrogen-bond acceptors (Lipinski definition) is 6. The summed E-state index contributed by atoms with van der Waals surface area (Å²) < 4.78 is 0. The molecular formula is C23H23N5OS. The van der Waals surface area contributed by atoms with Gasteiger partial charge >= 0.3 is 0 Å². The van der Waals surface area contributed by atoms with Crippen molar-refractivity contribution in [3.63, 3.8) is 0 Å². The number of anilines is 1. The smallest absolute Gasteiger partial charge is 0.265 e. The molecule has 1 amide bonds. The van der Waals surface area contributed by atoms with Gasteiger partial charge in [-0.25, -0.2) is 9.97 Å². The Kier molecular flexibility index (Phi) is 5.77. The van der Waals surface area contributed by atoms with Crippen molar-refractivity contribution in [1.82, 2.24) is 14.9 Å². The first-order chi connectivity index (χ1) is 14.6. The van der Waals surface area contributed by atoms with Gasteiger partial charge in [0.15, 0.2) is 0 Å². The summed E-state index contributed by atoms with van der Waals surface area (Å²) in [6.45, 7) is 6.53. The van der Waals surface area contributed by atoms with Crippen molar-refractivity contribution in [3.05, 3.63) is 64.3 Å². The zero-order valence-electron chi connectivity index (χ0n) is 17.1. The molecule has 4 rings (SSSR count). The highest BCUT2D eigenvalue weighted by Gasteiger charge is 2.27. The van der Waals surface area contributed by atoms with Crippen LogP contribution in [0.3, 0.4) is 0 Å². The lowest BCUT2D eigenvalue weighted by Crippen LogP contribution is -2.49. The molecule has 2 aromatic heterocycles. The topological polar surface area (TPSA) is 73.1 Å². The molecule has 1 aliphatic rings. The first-order valence-corrected chi connectivity index (χ1v) is 10.9. The van der Waals surface area contributed by atoms with Gasteiger partial charge in [0.05, 0.1) is 11.3 Å². The van der Waals surface area contributed by atoms with Crippen LogP contribution < -0.4 is 4.90 Å². The Labute approximate surface area is 180 Å². The summed E-state index contributed by atoms with van der Waals surface area (Å²) in [6, 6.07) is 14.1. The second-order valence-electron chi connectivity index (χ2n) is 7.25. The van der Waals surface area contributed by atoms with Crippen molar-refractivity contribution >= 4 is 23.1 Å². The zero-order valence-corrected chi connectivity index (χ0v) is 17.9. The number of aryl methyl sites for hydroxylation is 2.